The van der Waals surface area contributed by atoms with Crippen LogP contribution in [0.5, 0.6) is 11.5 Å². The molecule has 2 aromatic carbocycles. The Labute approximate surface area is 112 Å². The molecule has 0 aliphatic rings. The Balaban J connectivity index is 2.09. The van der Waals surface area contributed by atoms with E-state index in [1.54, 1.807) is 48.6 Å². The minimum absolute atomic E-state index is 0.230. The van der Waals surface area contributed by atoms with E-state index in [4.69, 9.17) is 0 Å². The van der Waals surface area contributed by atoms with E-state index in [-0.39, 0.29) is 11.5 Å². The lowest BCUT2D eigenvalue weighted by atomic mass is 10.2. The molecule has 0 atom stereocenters. The Morgan fingerprint density at radius 2 is 1.37 bits per heavy atom. The van der Waals surface area contributed by atoms with Crippen LogP contribution in [0.3, 0.4) is 0 Å². The van der Waals surface area contributed by atoms with Crippen molar-refractivity contribution in [3.05, 3.63) is 77.5 Å². The van der Waals surface area contributed by atoms with Crippen molar-refractivity contribution in [1.82, 2.24) is 0 Å². The van der Waals surface area contributed by atoms with Gasteiger partial charge in [0.25, 0.3) is 0 Å². The van der Waals surface area contributed by atoms with Gasteiger partial charge in [-0.25, -0.2) is 0 Å². The van der Waals surface area contributed by atoms with Gasteiger partial charge in [-0.15, -0.1) is 5.73 Å². The summed E-state index contributed by atoms with van der Waals surface area (Å²) in [5, 5.41) is 19.1. The summed E-state index contributed by atoms with van der Waals surface area (Å²) in [4.78, 5) is 0. The zero-order valence-corrected chi connectivity index (χ0v) is 10.3. The third-order valence-corrected chi connectivity index (χ3v) is 2.58. The third-order valence-electron chi connectivity index (χ3n) is 2.58. The van der Waals surface area contributed by atoms with Gasteiger partial charge in [0.1, 0.15) is 11.5 Å². The van der Waals surface area contributed by atoms with Crippen molar-refractivity contribution in [2.75, 3.05) is 0 Å². The number of aromatic hydroxyl groups is 2. The Morgan fingerprint density at radius 3 is 2.00 bits per heavy atom. The highest BCUT2D eigenvalue weighted by Crippen LogP contribution is 2.17. The molecule has 2 rings (SSSR count). The number of benzene rings is 2. The summed E-state index contributed by atoms with van der Waals surface area (Å²) in [6, 6.07) is 14.2. The molecule has 0 spiro atoms. The SMILES string of the molecule is Oc1ccccc1C=C=CC=Cc1ccccc1O. The van der Waals surface area contributed by atoms with Crippen LogP contribution in [0.15, 0.2) is 66.4 Å². The molecular formula is C17H14O2. The predicted molar refractivity (Wildman–Crippen MR) is 77.8 cm³/mol. The zero-order chi connectivity index (χ0) is 13.5. The minimum Gasteiger partial charge on any atom is -0.507 e. The standard InChI is InChI=1S/C17H14O2/c18-16-12-6-4-10-14(16)8-2-1-3-9-15-11-5-7-13-17(15)19/h1-2,4-13,18-19H. The molecule has 0 unspecified atom stereocenters. The van der Waals surface area contributed by atoms with E-state index in [1.807, 2.05) is 24.3 Å². The average Bonchev–Trinajstić information content (AvgIpc) is 2.42. The van der Waals surface area contributed by atoms with Gasteiger partial charge in [-0.05, 0) is 24.3 Å². The van der Waals surface area contributed by atoms with Crippen LogP contribution in [0.25, 0.3) is 12.2 Å². The van der Waals surface area contributed by atoms with Crippen molar-refractivity contribution >= 4 is 12.2 Å². The van der Waals surface area contributed by atoms with Crippen LogP contribution in [-0.4, -0.2) is 10.2 Å². The van der Waals surface area contributed by atoms with E-state index in [0.29, 0.717) is 0 Å². The van der Waals surface area contributed by atoms with Crippen LogP contribution in [0.1, 0.15) is 11.1 Å². The largest absolute Gasteiger partial charge is 0.507 e. The van der Waals surface area contributed by atoms with Crippen LogP contribution in [-0.2, 0) is 0 Å². The van der Waals surface area contributed by atoms with Crippen LogP contribution in [0.4, 0.5) is 0 Å². The molecule has 2 aromatic rings. The number of rotatable bonds is 3. The number of para-hydroxylation sites is 2. The van der Waals surface area contributed by atoms with Gasteiger partial charge >= 0.3 is 0 Å². The average molecular weight is 250 g/mol. The molecule has 0 bridgehead atoms. The van der Waals surface area contributed by atoms with Gasteiger partial charge in [0.2, 0.25) is 0 Å². The summed E-state index contributed by atoms with van der Waals surface area (Å²) >= 11 is 0. The number of phenolic OH excluding ortho intramolecular Hbond substituents is 2. The van der Waals surface area contributed by atoms with E-state index in [2.05, 4.69) is 5.73 Å². The molecule has 2 nitrogen and oxygen atoms in total. The zero-order valence-electron chi connectivity index (χ0n) is 10.3. The maximum Gasteiger partial charge on any atom is 0.123 e. The molecule has 2 heteroatoms. The van der Waals surface area contributed by atoms with Gasteiger partial charge in [0, 0.05) is 11.1 Å². The fourth-order valence-corrected chi connectivity index (χ4v) is 1.58. The second-order valence-corrected chi connectivity index (χ2v) is 3.95. The molecule has 0 saturated heterocycles. The lowest BCUT2D eigenvalue weighted by Gasteiger charge is -1.95. The highest BCUT2D eigenvalue weighted by atomic mass is 16.3. The van der Waals surface area contributed by atoms with Crippen molar-refractivity contribution in [2.24, 2.45) is 0 Å². The van der Waals surface area contributed by atoms with E-state index >= 15 is 0 Å². The second-order valence-electron chi connectivity index (χ2n) is 3.95. The number of allylic oxidation sites excluding steroid dienone is 2. The van der Waals surface area contributed by atoms with Crippen molar-refractivity contribution in [2.45, 2.75) is 0 Å². The van der Waals surface area contributed by atoms with Crippen LogP contribution in [0.2, 0.25) is 0 Å². The maximum atomic E-state index is 9.56. The molecule has 19 heavy (non-hydrogen) atoms. The normalized spacial score (nSPS) is 10.1. The summed E-state index contributed by atoms with van der Waals surface area (Å²) in [6.45, 7) is 0. The first-order valence-corrected chi connectivity index (χ1v) is 5.92. The Hall–Kier alpha value is -2.70. The quantitative estimate of drug-likeness (QED) is 0.639. The van der Waals surface area contributed by atoms with Crippen LogP contribution >= 0.6 is 0 Å². The summed E-state index contributed by atoms with van der Waals surface area (Å²) in [5.74, 6) is 0.477. The summed E-state index contributed by atoms with van der Waals surface area (Å²) in [6.07, 6.45) is 7.00. The van der Waals surface area contributed by atoms with Crippen LogP contribution < -0.4 is 0 Å². The summed E-state index contributed by atoms with van der Waals surface area (Å²) in [5.41, 5.74) is 4.42. The Kier molecular flexibility index (Phi) is 4.22. The number of phenols is 2. The molecule has 94 valence electrons. The molecule has 2 N–H and O–H groups in total. The van der Waals surface area contributed by atoms with E-state index in [1.165, 1.54) is 0 Å². The number of hydrogen-bond acceptors (Lipinski definition) is 2. The molecule has 0 amide bonds. The molecular weight excluding hydrogens is 236 g/mol. The second kappa shape index (κ2) is 6.29. The third kappa shape index (κ3) is 3.63. The smallest absolute Gasteiger partial charge is 0.123 e. The highest BCUT2D eigenvalue weighted by Gasteiger charge is 1.92. The topological polar surface area (TPSA) is 40.5 Å². The first-order chi connectivity index (χ1) is 9.27. The van der Waals surface area contributed by atoms with Crippen LogP contribution in [0, 0.1) is 0 Å². The predicted octanol–water partition coefficient (Wildman–Crippen LogP) is 3.98. The van der Waals surface area contributed by atoms with Gasteiger partial charge in [-0.1, -0.05) is 48.6 Å². The van der Waals surface area contributed by atoms with Gasteiger partial charge in [0.15, 0.2) is 0 Å². The van der Waals surface area contributed by atoms with E-state index in [0.717, 1.165) is 11.1 Å². The molecule has 0 aliphatic carbocycles. The fourth-order valence-electron chi connectivity index (χ4n) is 1.58. The molecule has 0 aromatic heterocycles. The van der Waals surface area contributed by atoms with Gasteiger partial charge in [-0.3, -0.25) is 0 Å². The van der Waals surface area contributed by atoms with Gasteiger partial charge in [0.05, 0.1) is 0 Å². The van der Waals surface area contributed by atoms with Crippen molar-refractivity contribution in [1.29, 1.82) is 0 Å². The summed E-state index contributed by atoms with van der Waals surface area (Å²) < 4.78 is 0. The monoisotopic (exact) mass is 250 g/mol. The molecule has 0 heterocycles. The molecule has 0 saturated carbocycles. The maximum absolute atomic E-state index is 9.56. The molecule has 0 fully saturated rings. The molecule has 0 aliphatic heterocycles. The Bertz CT molecular complexity index is 648. The van der Waals surface area contributed by atoms with Crippen molar-refractivity contribution in [3.8, 4) is 11.5 Å². The lowest BCUT2D eigenvalue weighted by molar-refractivity contribution is 0.473. The Morgan fingerprint density at radius 1 is 0.789 bits per heavy atom. The molecule has 0 radical (unpaired) electrons. The fraction of sp³-hybridized carbons (Fsp3) is 0. The highest BCUT2D eigenvalue weighted by molar-refractivity contribution is 5.59. The number of hydrogen-bond donors (Lipinski definition) is 2. The van der Waals surface area contributed by atoms with Gasteiger partial charge in [-0.2, -0.15) is 0 Å². The minimum atomic E-state index is 0.230. The first kappa shape index (κ1) is 12.7. The van der Waals surface area contributed by atoms with Crippen molar-refractivity contribution < 1.29 is 10.2 Å². The van der Waals surface area contributed by atoms with E-state index in [9.17, 15) is 10.2 Å². The lowest BCUT2D eigenvalue weighted by Crippen LogP contribution is -1.71. The van der Waals surface area contributed by atoms with Crippen molar-refractivity contribution in [3.63, 3.8) is 0 Å². The first-order valence-electron chi connectivity index (χ1n) is 5.92. The summed E-state index contributed by atoms with van der Waals surface area (Å²) in [7, 11) is 0. The van der Waals surface area contributed by atoms with Gasteiger partial charge < -0.3 is 10.2 Å². The van der Waals surface area contributed by atoms with E-state index < -0.39 is 0 Å².